The second kappa shape index (κ2) is 8.00. The fraction of sp³-hybridized carbons (Fsp3) is 0.375. The number of nitrogens with one attached hydrogen (secondary N) is 2. The molecule has 31 heavy (non-hydrogen) atoms. The number of carbonyl (C=O) groups is 3. The third-order valence-corrected chi connectivity index (χ3v) is 6.92. The van der Waals surface area contributed by atoms with Crippen LogP contribution in [0.5, 0.6) is 0 Å². The molecular weight excluding hydrogens is 414 g/mol. The maximum Gasteiger partial charge on any atom is 0.256 e. The van der Waals surface area contributed by atoms with E-state index in [2.05, 4.69) is 10.6 Å². The minimum Gasteiger partial charge on any atom is -0.350 e. The van der Waals surface area contributed by atoms with E-state index in [1.165, 1.54) is 0 Å². The van der Waals surface area contributed by atoms with Crippen LogP contribution in [0, 0.1) is 5.92 Å². The number of benzene rings is 2. The van der Waals surface area contributed by atoms with Crippen molar-refractivity contribution in [1.82, 2.24) is 10.2 Å². The summed E-state index contributed by atoms with van der Waals surface area (Å²) in [4.78, 5) is 40.7. The Labute approximate surface area is 185 Å². The highest BCUT2D eigenvalue weighted by Crippen LogP contribution is 2.33. The summed E-state index contributed by atoms with van der Waals surface area (Å²) in [6.07, 6.45) is 4.52. The second-order valence-electron chi connectivity index (χ2n) is 8.59. The molecule has 3 aliphatic rings. The van der Waals surface area contributed by atoms with Crippen LogP contribution in [0.3, 0.4) is 0 Å². The highest BCUT2D eigenvalue weighted by Gasteiger charge is 2.45. The third-order valence-electron chi connectivity index (χ3n) is 6.67. The summed E-state index contributed by atoms with van der Waals surface area (Å²) in [6.45, 7) is 0.442. The molecule has 2 aromatic rings. The van der Waals surface area contributed by atoms with Crippen molar-refractivity contribution in [2.45, 2.75) is 44.2 Å². The average molecular weight is 438 g/mol. The van der Waals surface area contributed by atoms with E-state index >= 15 is 0 Å². The topological polar surface area (TPSA) is 78.5 Å². The van der Waals surface area contributed by atoms with Gasteiger partial charge in [-0.1, -0.05) is 42.6 Å². The molecule has 0 aromatic heterocycles. The number of hydrogen-bond donors (Lipinski definition) is 2. The molecule has 2 N–H and O–H groups in total. The quantitative estimate of drug-likeness (QED) is 0.765. The van der Waals surface area contributed by atoms with Crippen molar-refractivity contribution < 1.29 is 14.4 Å². The van der Waals surface area contributed by atoms with Gasteiger partial charge in [-0.15, -0.1) is 0 Å². The molecular formula is C24H24ClN3O3. The van der Waals surface area contributed by atoms with E-state index in [0.29, 0.717) is 29.2 Å². The summed E-state index contributed by atoms with van der Waals surface area (Å²) >= 11 is 5.99. The highest BCUT2D eigenvalue weighted by molar-refractivity contribution is 6.30. The zero-order valence-electron chi connectivity index (χ0n) is 17.1. The zero-order chi connectivity index (χ0) is 21.5. The maximum atomic E-state index is 13.4. The Balaban J connectivity index is 1.41. The van der Waals surface area contributed by atoms with Crippen LogP contribution in [0.15, 0.2) is 42.5 Å². The fourth-order valence-electron chi connectivity index (χ4n) is 5.00. The van der Waals surface area contributed by atoms with Gasteiger partial charge < -0.3 is 15.5 Å². The lowest BCUT2D eigenvalue weighted by Gasteiger charge is -2.25. The SMILES string of the molecule is O=C(N[C@H]1CCN2C(=O)c3cc(-c4ccc(Cl)cc4)ccc3NC(=O)[C@H]12)C1CCCC1. The number of halogens is 1. The van der Waals surface area contributed by atoms with Crippen molar-refractivity contribution in [3.8, 4) is 11.1 Å². The summed E-state index contributed by atoms with van der Waals surface area (Å²) in [5.74, 6) is -0.401. The van der Waals surface area contributed by atoms with Crippen LogP contribution in [0.25, 0.3) is 11.1 Å². The number of fused-ring (bicyclic) bond motifs is 2. The molecule has 2 atom stereocenters. The third kappa shape index (κ3) is 3.69. The van der Waals surface area contributed by atoms with Gasteiger partial charge >= 0.3 is 0 Å². The van der Waals surface area contributed by atoms with Crippen molar-refractivity contribution in [1.29, 1.82) is 0 Å². The van der Waals surface area contributed by atoms with Crippen molar-refractivity contribution in [2.24, 2.45) is 5.92 Å². The van der Waals surface area contributed by atoms with Crippen LogP contribution in [0.4, 0.5) is 5.69 Å². The van der Waals surface area contributed by atoms with Crippen LogP contribution in [-0.4, -0.2) is 41.2 Å². The van der Waals surface area contributed by atoms with Gasteiger partial charge in [0, 0.05) is 17.5 Å². The predicted molar refractivity (Wildman–Crippen MR) is 119 cm³/mol. The summed E-state index contributed by atoms with van der Waals surface area (Å²) < 4.78 is 0. The first-order valence-corrected chi connectivity index (χ1v) is 11.2. The normalized spacial score (nSPS) is 23.2. The number of carbonyl (C=O) groups excluding carboxylic acids is 3. The Bertz CT molecular complexity index is 1050. The van der Waals surface area contributed by atoms with Crippen molar-refractivity contribution in [3.63, 3.8) is 0 Å². The molecule has 2 heterocycles. The lowest BCUT2D eigenvalue weighted by atomic mass is 10.0. The Morgan fingerprint density at radius 3 is 2.45 bits per heavy atom. The molecule has 160 valence electrons. The Morgan fingerprint density at radius 1 is 1.00 bits per heavy atom. The van der Waals surface area contributed by atoms with Crippen molar-refractivity contribution >= 4 is 35.0 Å². The molecule has 7 heteroatoms. The summed E-state index contributed by atoms with van der Waals surface area (Å²) in [7, 11) is 0. The molecule has 3 amide bonds. The van der Waals surface area contributed by atoms with Gasteiger partial charge in [-0.25, -0.2) is 0 Å². The van der Waals surface area contributed by atoms with E-state index in [1.807, 2.05) is 24.3 Å². The first-order valence-electron chi connectivity index (χ1n) is 10.8. The standard InChI is InChI=1S/C24H24ClN3O3/c25-17-8-5-14(6-9-17)16-7-10-19-18(13-16)24(31)28-12-11-20(21(28)23(30)26-19)27-22(29)15-3-1-2-4-15/h5-10,13,15,20-21H,1-4,11-12H2,(H,26,30)(H,27,29)/t20-,21-/m0/s1. The molecule has 1 saturated carbocycles. The fourth-order valence-corrected chi connectivity index (χ4v) is 5.12. The summed E-state index contributed by atoms with van der Waals surface area (Å²) in [6, 6.07) is 11.8. The monoisotopic (exact) mass is 437 g/mol. The van der Waals surface area contributed by atoms with Crippen LogP contribution in [0.1, 0.15) is 42.5 Å². The zero-order valence-corrected chi connectivity index (χ0v) is 17.8. The molecule has 1 aliphatic carbocycles. The smallest absolute Gasteiger partial charge is 0.256 e. The minimum absolute atomic E-state index is 0.0105. The molecule has 0 bridgehead atoms. The molecule has 0 unspecified atom stereocenters. The molecule has 2 fully saturated rings. The maximum absolute atomic E-state index is 13.4. The van der Waals surface area contributed by atoms with E-state index in [0.717, 1.165) is 36.8 Å². The van der Waals surface area contributed by atoms with E-state index in [1.54, 1.807) is 23.1 Å². The van der Waals surface area contributed by atoms with Gasteiger partial charge in [0.2, 0.25) is 11.8 Å². The first kappa shape index (κ1) is 20.1. The van der Waals surface area contributed by atoms with Gasteiger partial charge in [-0.2, -0.15) is 0 Å². The van der Waals surface area contributed by atoms with Crippen molar-refractivity contribution in [3.05, 3.63) is 53.1 Å². The van der Waals surface area contributed by atoms with Gasteiger partial charge in [0.05, 0.1) is 17.3 Å². The van der Waals surface area contributed by atoms with Crippen LogP contribution in [0.2, 0.25) is 5.02 Å². The van der Waals surface area contributed by atoms with Gasteiger partial charge in [0.15, 0.2) is 0 Å². The largest absolute Gasteiger partial charge is 0.350 e. The van der Waals surface area contributed by atoms with Gasteiger partial charge in [-0.05, 0) is 54.7 Å². The van der Waals surface area contributed by atoms with Crippen LogP contribution in [-0.2, 0) is 9.59 Å². The van der Waals surface area contributed by atoms with Crippen LogP contribution < -0.4 is 10.6 Å². The van der Waals surface area contributed by atoms with E-state index < -0.39 is 6.04 Å². The number of hydrogen-bond acceptors (Lipinski definition) is 3. The number of anilines is 1. The summed E-state index contributed by atoms with van der Waals surface area (Å²) in [5.41, 5.74) is 2.78. The van der Waals surface area contributed by atoms with Gasteiger partial charge in [0.25, 0.3) is 5.91 Å². The molecule has 2 aromatic carbocycles. The lowest BCUT2D eigenvalue weighted by molar-refractivity contribution is -0.126. The van der Waals surface area contributed by atoms with Gasteiger partial charge in [-0.3, -0.25) is 14.4 Å². The van der Waals surface area contributed by atoms with E-state index in [-0.39, 0.29) is 29.7 Å². The molecule has 1 saturated heterocycles. The minimum atomic E-state index is -0.691. The van der Waals surface area contributed by atoms with E-state index in [9.17, 15) is 14.4 Å². The second-order valence-corrected chi connectivity index (χ2v) is 9.02. The Kier molecular flexibility index (Phi) is 5.18. The Morgan fingerprint density at radius 2 is 1.71 bits per heavy atom. The highest BCUT2D eigenvalue weighted by atomic mass is 35.5. The predicted octanol–water partition coefficient (Wildman–Crippen LogP) is 3.85. The molecule has 2 aliphatic heterocycles. The van der Waals surface area contributed by atoms with Crippen LogP contribution >= 0.6 is 11.6 Å². The lowest BCUT2D eigenvalue weighted by Crippen LogP contribution is -2.52. The van der Waals surface area contributed by atoms with Gasteiger partial charge in [0.1, 0.15) is 6.04 Å². The number of nitrogens with zero attached hydrogens (tertiary/aromatic N) is 1. The van der Waals surface area contributed by atoms with Crippen molar-refractivity contribution in [2.75, 3.05) is 11.9 Å². The first-order chi connectivity index (χ1) is 15.0. The number of rotatable bonds is 3. The average Bonchev–Trinajstić information content (AvgIpc) is 3.42. The molecule has 6 nitrogen and oxygen atoms in total. The molecule has 0 spiro atoms. The summed E-state index contributed by atoms with van der Waals surface area (Å²) in [5, 5.41) is 6.62. The number of amides is 3. The molecule has 5 rings (SSSR count). The molecule has 0 radical (unpaired) electrons. The van der Waals surface area contributed by atoms with E-state index in [4.69, 9.17) is 11.6 Å². The Hall–Kier alpha value is -2.86.